The molecule has 0 fully saturated rings. The first-order valence-electron chi connectivity index (χ1n) is 2.66. The van der Waals surface area contributed by atoms with Crippen LogP contribution in [0.1, 0.15) is 0 Å². The van der Waals surface area contributed by atoms with E-state index in [1.165, 1.54) is 6.20 Å². The van der Waals surface area contributed by atoms with Crippen molar-refractivity contribution in [3.05, 3.63) is 12.3 Å². The smallest absolute Gasteiger partial charge is 0.161 e. The fourth-order valence-corrected chi connectivity index (χ4v) is 0.591. The van der Waals surface area contributed by atoms with E-state index in [-0.39, 0.29) is 13.2 Å². The quantitative estimate of drug-likeness (QED) is 0.438. The molecule has 9 heavy (non-hydrogen) atoms. The Bertz CT molecular complexity index is 119. The summed E-state index contributed by atoms with van der Waals surface area (Å²) in [7, 11) is 0. The number of aliphatic hydroxyl groups excluding tert-OH is 2. The Kier molecular flexibility index (Phi) is 1.70. The van der Waals surface area contributed by atoms with Gasteiger partial charge in [-0.2, -0.15) is 0 Å². The lowest BCUT2D eigenvalue weighted by Crippen LogP contribution is -2.37. The Morgan fingerprint density at radius 3 is 2.33 bits per heavy atom. The molecule has 0 bridgehead atoms. The van der Waals surface area contributed by atoms with E-state index in [2.05, 4.69) is 5.48 Å². The number of nitrogens with one attached hydrogen (secondary N) is 1. The molecule has 1 aliphatic heterocycles. The Labute approximate surface area is 52.7 Å². The standard InChI is InChI=1S/C5H9NO3/c7-3-5(4-8)1-2-6-9-5/h1-2,6-8H,3-4H2. The summed E-state index contributed by atoms with van der Waals surface area (Å²) in [6.45, 7) is -0.431. The molecular weight excluding hydrogens is 122 g/mol. The molecule has 3 N–H and O–H groups in total. The minimum atomic E-state index is -0.903. The van der Waals surface area contributed by atoms with Crippen LogP contribution in [0.5, 0.6) is 0 Å². The first kappa shape index (κ1) is 6.54. The average Bonchev–Trinajstić information content (AvgIpc) is 2.36. The van der Waals surface area contributed by atoms with E-state index in [0.29, 0.717) is 0 Å². The average molecular weight is 131 g/mol. The van der Waals surface area contributed by atoms with Crippen molar-refractivity contribution < 1.29 is 15.1 Å². The highest BCUT2D eigenvalue weighted by Gasteiger charge is 2.30. The summed E-state index contributed by atoms with van der Waals surface area (Å²) in [5.74, 6) is 0. The predicted molar refractivity (Wildman–Crippen MR) is 30.3 cm³/mol. The van der Waals surface area contributed by atoms with Gasteiger partial charge in [0.15, 0.2) is 5.60 Å². The molecule has 0 aliphatic carbocycles. The number of aliphatic hydroxyl groups is 2. The number of hydroxylamine groups is 1. The molecule has 1 heterocycles. The second-order valence-corrected chi connectivity index (χ2v) is 1.93. The molecule has 1 aliphatic rings. The van der Waals surface area contributed by atoms with Crippen LogP contribution in [0.15, 0.2) is 12.3 Å². The maximum absolute atomic E-state index is 8.64. The molecule has 4 nitrogen and oxygen atoms in total. The van der Waals surface area contributed by atoms with Crippen molar-refractivity contribution in [2.24, 2.45) is 0 Å². The molecule has 0 saturated carbocycles. The van der Waals surface area contributed by atoms with Crippen molar-refractivity contribution in [1.82, 2.24) is 5.48 Å². The van der Waals surface area contributed by atoms with Gasteiger partial charge in [0.1, 0.15) is 0 Å². The largest absolute Gasteiger partial charge is 0.393 e. The summed E-state index contributed by atoms with van der Waals surface area (Å²) < 4.78 is 0. The van der Waals surface area contributed by atoms with E-state index in [0.717, 1.165) is 0 Å². The van der Waals surface area contributed by atoms with Gasteiger partial charge in [0.2, 0.25) is 0 Å². The van der Waals surface area contributed by atoms with Crippen LogP contribution in [0.25, 0.3) is 0 Å². The normalized spacial score (nSPS) is 22.0. The van der Waals surface area contributed by atoms with Gasteiger partial charge in [0.05, 0.1) is 13.2 Å². The number of hydrogen-bond acceptors (Lipinski definition) is 4. The third-order valence-corrected chi connectivity index (χ3v) is 1.25. The van der Waals surface area contributed by atoms with Crippen LogP contribution < -0.4 is 5.48 Å². The minimum absolute atomic E-state index is 0.215. The Morgan fingerprint density at radius 2 is 2.11 bits per heavy atom. The highest BCUT2D eigenvalue weighted by Crippen LogP contribution is 2.13. The molecule has 52 valence electrons. The highest BCUT2D eigenvalue weighted by atomic mass is 16.7. The SMILES string of the molecule is OCC1(CO)C=CNO1. The molecule has 0 spiro atoms. The van der Waals surface area contributed by atoms with Crippen LogP contribution in [0.3, 0.4) is 0 Å². The fourth-order valence-electron chi connectivity index (χ4n) is 0.591. The van der Waals surface area contributed by atoms with Crippen LogP contribution in [-0.2, 0) is 4.84 Å². The molecule has 1 rings (SSSR count). The van der Waals surface area contributed by atoms with Gasteiger partial charge in [-0.1, -0.05) is 0 Å². The maximum atomic E-state index is 8.64. The summed E-state index contributed by atoms with van der Waals surface area (Å²) in [5, 5.41) is 17.3. The van der Waals surface area contributed by atoms with Gasteiger partial charge in [-0.15, -0.1) is 0 Å². The molecule has 0 radical (unpaired) electrons. The van der Waals surface area contributed by atoms with Crippen molar-refractivity contribution in [2.45, 2.75) is 5.60 Å². The van der Waals surface area contributed by atoms with Crippen molar-refractivity contribution in [3.63, 3.8) is 0 Å². The molecular formula is C5H9NO3. The second kappa shape index (κ2) is 2.34. The number of hydrogen-bond donors (Lipinski definition) is 3. The summed E-state index contributed by atoms with van der Waals surface area (Å²) in [6.07, 6.45) is 3.11. The predicted octanol–water partition coefficient (Wildman–Crippen LogP) is -1.24. The zero-order valence-electron chi connectivity index (χ0n) is 4.87. The summed E-state index contributed by atoms with van der Waals surface area (Å²) in [4.78, 5) is 4.78. The zero-order chi connectivity index (χ0) is 6.74. The lowest BCUT2D eigenvalue weighted by molar-refractivity contribution is -0.0939. The Balaban J connectivity index is 2.57. The maximum Gasteiger partial charge on any atom is 0.161 e. The van der Waals surface area contributed by atoms with Gasteiger partial charge < -0.3 is 10.2 Å². The molecule has 0 aromatic heterocycles. The van der Waals surface area contributed by atoms with Crippen molar-refractivity contribution in [2.75, 3.05) is 13.2 Å². The first-order chi connectivity index (χ1) is 4.33. The lowest BCUT2D eigenvalue weighted by atomic mass is 10.1. The van der Waals surface area contributed by atoms with Crippen molar-refractivity contribution >= 4 is 0 Å². The van der Waals surface area contributed by atoms with E-state index in [9.17, 15) is 0 Å². The van der Waals surface area contributed by atoms with E-state index < -0.39 is 5.60 Å². The van der Waals surface area contributed by atoms with Crippen LogP contribution >= 0.6 is 0 Å². The van der Waals surface area contributed by atoms with Crippen LogP contribution in [0.4, 0.5) is 0 Å². The van der Waals surface area contributed by atoms with Crippen LogP contribution in [-0.4, -0.2) is 29.0 Å². The van der Waals surface area contributed by atoms with Gasteiger partial charge in [-0.3, -0.25) is 10.3 Å². The van der Waals surface area contributed by atoms with E-state index in [4.69, 9.17) is 15.1 Å². The summed E-state index contributed by atoms with van der Waals surface area (Å²) in [6, 6.07) is 0. The van der Waals surface area contributed by atoms with Gasteiger partial charge in [0.25, 0.3) is 0 Å². The molecule has 0 unspecified atom stereocenters. The molecule has 0 saturated heterocycles. The van der Waals surface area contributed by atoms with Gasteiger partial charge >= 0.3 is 0 Å². The van der Waals surface area contributed by atoms with Crippen molar-refractivity contribution in [3.8, 4) is 0 Å². The highest BCUT2D eigenvalue weighted by molar-refractivity contribution is 5.04. The summed E-state index contributed by atoms with van der Waals surface area (Å²) >= 11 is 0. The van der Waals surface area contributed by atoms with Crippen LogP contribution in [0.2, 0.25) is 0 Å². The van der Waals surface area contributed by atoms with E-state index in [1.54, 1.807) is 6.08 Å². The topological polar surface area (TPSA) is 61.7 Å². The van der Waals surface area contributed by atoms with Gasteiger partial charge in [-0.25, -0.2) is 0 Å². The third kappa shape index (κ3) is 1.05. The monoisotopic (exact) mass is 131 g/mol. The lowest BCUT2D eigenvalue weighted by Gasteiger charge is -2.19. The Morgan fingerprint density at radius 1 is 1.44 bits per heavy atom. The third-order valence-electron chi connectivity index (χ3n) is 1.25. The molecule has 0 aromatic carbocycles. The van der Waals surface area contributed by atoms with Gasteiger partial charge in [0, 0.05) is 6.20 Å². The summed E-state index contributed by atoms with van der Waals surface area (Å²) in [5.41, 5.74) is 1.51. The molecule has 0 amide bonds. The van der Waals surface area contributed by atoms with E-state index in [1.807, 2.05) is 0 Å². The second-order valence-electron chi connectivity index (χ2n) is 1.93. The zero-order valence-corrected chi connectivity index (χ0v) is 4.87. The number of rotatable bonds is 2. The van der Waals surface area contributed by atoms with Crippen molar-refractivity contribution in [1.29, 1.82) is 0 Å². The molecule has 4 heteroatoms. The molecule has 0 atom stereocenters. The fraction of sp³-hybridized carbons (Fsp3) is 0.600. The minimum Gasteiger partial charge on any atom is -0.393 e. The van der Waals surface area contributed by atoms with Gasteiger partial charge in [-0.05, 0) is 6.08 Å². The van der Waals surface area contributed by atoms with Crippen LogP contribution in [0, 0.1) is 0 Å². The molecule has 0 aromatic rings. The van der Waals surface area contributed by atoms with E-state index >= 15 is 0 Å². The first-order valence-corrected chi connectivity index (χ1v) is 2.66. The Hall–Kier alpha value is -0.580.